The molecule has 1 nitrogen and oxygen atoms in total. The number of hydrogen-bond acceptors (Lipinski definition) is 1. The van der Waals surface area contributed by atoms with E-state index in [2.05, 4.69) is 0 Å². The normalized spacial score (nSPS) is 0. The van der Waals surface area contributed by atoms with Crippen molar-refractivity contribution >= 4 is 8.41 Å². The van der Waals surface area contributed by atoms with E-state index in [1.54, 1.807) is 0 Å². The molecule has 0 rings (SSSR count). The van der Waals surface area contributed by atoms with E-state index in [0.29, 0.717) is 0 Å². The Balaban J connectivity index is 0. The molecule has 0 atom stereocenters. The third-order valence-corrected chi connectivity index (χ3v) is 0. The van der Waals surface area contributed by atoms with Crippen LogP contribution in [0.4, 0.5) is 28.2 Å². The molecule has 0 bridgehead atoms. The molecule has 3 N–H and O–H groups in total. The quantitative estimate of drug-likeness (QED) is 0.398. The predicted molar refractivity (Wildman–Crippen MR) is 25.8 cm³/mol. The van der Waals surface area contributed by atoms with Crippen LogP contribution in [0, 0.1) is 0 Å². The van der Waals surface area contributed by atoms with Gasteiger partial charge in [-0.15, -0.1) is 0 Å². The summed E-state index contributed by atoms with van der Waals surface area (Å²) in [7, 11) is 0. The highest BCUT2D eigenvalue weighted by Gasteiger charge is 0.0000258. The molecule has 0 unspecified atom stereocenters. The summed E-state index contributed by atoms with van der Waals surface area (Å²) in [6, 6.07) is 0. The highest BCUT2D eigenvalue weighted by atomic mass is 19.0. The smallest absolute Gasteiger partial charge is 0 e. The minimum atomic E-state index is 0. The molecule has 0 saturated carbocycles. The number of hydrogen-bond donors (Lipinski definition) is 1. The van der Waals surface area contributed by atoms with E-state index in [4.69, 9.17) is 0 Å². The van der Waals surface area contributed by atoms with Crippen LogP contribution >= 0.6 is 0 Å². The van der Waals surface area contributed by atoms with Crippen molar-refractivity contribution in [1.82, 2.24) is 6.15 Å². The number of rotatable bonds is 0. The Morgan fingerprint density at radius 3 is 0.375 bits per heavy atom. The molecular weight excluding hydrogens is 139 g/mol. The van der Waals surface area contributed by atoms with E-state index in [-0.39, 0.29) is 42.8 Å². The van der Waals surface area contributed by atoms with Gasteiger partial charge in [0, 0.05) is 8.41 Å². The summed E-state index contributed by atoms with van der Waals surface area (Å²) >= 11 is 0. The van der Waals surface area contributed by atoms with Crippen molar-refractivity contribution in [2.45, 2.75) is 0 Å². The first-order valence-corrected chi connectivity index (χ1v) is 0. The summed E-state index contributed by atoms with van der Waals surface area (Å²) in [6.07, 6.45) is 0. The monoisotopic (exact) mass is 148 g/mol. The lowest BCUT2D eigenvalue weighted by Gasteiger charge is -0.344. The minimum absolute atomic E-state index is 0. The zero-order valence-corrected chi connectivity index (χ0v) is 3.73. The maximum Gasteiger partial charge on any atom is 0 e. The summed E-state index contributed by atoms with van der Waals surface area (Å²) in [5.41, 5.74) is 0. The van der Waals surface area contributed by atoms with Crippen LogP contribution in [0.1, 0.15) is 0 Å². The predicted octanol–water partition coefficient (Wildman–Crippen LogP) is 0.696. The molecule has 0 saturated heterocycles. The van der Waals surface area contributed by atoms with Crippen molar-refractivity contribution in [2.75, 3.05) is 0 Å². The second kappa shape index (κ2) is 1330. The zero-order chi connectivity index (χ0) is 0. The lowest BCUT2D eigenvalue weighted by atomic mass is 10.8. The molecule has 59 valence electrons. The van der Waals surface area contributed by atoms with Crippen LogP contribution in [-0.2, 0) is 0 Å². The fourth-order valence-electron chi connectivity index (χ4n) is 0. The lowest BCUT2D eigenvalue weighted by Crippen LogP contribution is -0.481. The van der Waals surface area contributed by atoms with Gasteiger partial charge in [0.15, 0.2) is 0 Å². The van der Waals surface area contributed by atoms with Crippen LogP contribution in [0.2, 0.25) is 0 Å². The van der Waals surface area contributed by atoms with Gasteiger partial charge >= 0.3 is 0 Å². The van der Waals surface area contributed by atoms with Crippen LogP contribution in [0.5, 0.6) is 0 Å². The lowest BCUT2D eigenvalue weighted by molar-refractivity contribution is 1.11. The van der Waals surface area contributed by atoms with E-state index < -0.39 is 0 Å². The average molecular weight is 148 g/mol. The maximum atomic E-state index is 0. The van der Waals surface area contributed by atoms with E-state index in [1.165, 1.54) is 0 Å². The second-order valence-electron chi connectivity index (χ2n) is 0. The molecule has 0 aromatic heterocycles. The minimum Gasteiger partial charge on any atom is -0.344 e. The molecule has 3 radical (unpaired) electrons. The Labute approximate surface area is 44.2 Å². The molecule has 0 aliphatic rings. The fourth-order valence-corrected chi connectivity index (χ4v) is 0. The van der Waals surface area contributed by atoms with Crippen molar-refractivity contribution in [1.29, 1.82) is 0 Å². The van der Waals surface area contributed by atoms with Crippen LogP contribution in [0.25, 0.3) is 0 Å². The van der Waals surface area contributed by atoms with Gasteiger partial charge in [-0.2, -0.15) is 0 Å². The topological polar surface area (TPSA) is 35.0 Å². The first-order chi connectivity index (χ1) is 0. The van der Waals surface area contributed by atoms with Gasteiger partial charge in [-0.25, -0.2) is 0 Å². The molecule has 0 aromatic carbocycles. The van der Waals surface area contributed by atoms with Gasteiger partial charge in [-0.1, -0.05) is 0 Å². The van der Waals surface area contributed by atoms with Crippen LogP contribution in [0.15, 0.2) is 0 Å². The van der Waals surface area contributed by atoms with E-state index in [0.717, 1.165) is 0 Å². The molecule has 0 fully saturated rings. The Morgan fingerprint density at radius 2 is 0.375 bits per heavy atom. The first kappa shape index (κ1) is 2130. The molecule has 0 heterocycles. The molecular formula is H9BF6N. The van der Waals surface area contributed by atoms with Crippen molar-refractivity contribution in [3.05, 3.63) is 0 Å². The largest absolute Gasteiger partial charge is 0.344 e. The van der Waals surface area contributed by atoms with Crippen molar-refractivity contribution in [2.24, 2.45) is 0 Å². The zero-order valence-electron chi connectivity index (χ0n) is 3.73. The van der Waals surface area contributed by atoms with Crippen LogP contribution < -0.4 is 6.15 Å². The van der Waals surface area contributed by atoms with Gasteiger partial charge in [0.2, 0.25) is 0 Å². The highest BCUT2D eigenvalue weighted by Crippen LogP contribution is 0.425. The molecule has 0 aromatic rings. The summed E-state index contributed by atoms with van der Waals surface area (Å²) in [5.74, 6) is 0. The van der Waals surface area contributed by atoms with Gasteiger partial charge in [-0.3, -0.25) is 28.2 Å². The molecule has 0 aliphatic carbocycles. The van der Waals surface area contributed by atoms with Gasteiger partial charge in [-0.05, 0) is 0 Å². The molecule has 0 spiro atoms. The fraction of sp³-hybridized carbons (Fsp3) is 0. The highest BCUT2D eigenvalue weighted by molar-refractivity contribution is 5.75. The molecule has 8 heteroatoms. The standard InChI is InChI=1S/B.6FH.H3N/h;6*1H;1H3. The van der Waals surface area contributed by atoms with Crippen LogP contribution in [0.3, 0.4) is 0 Å². The van der Waals surface area contributed by atoms with Crippen LogP contribution in [-0.4, -0.2) is 8.41 Å². The summed E-state index contributed by atoms with van der Waals surface area (Å²) in [5, 5.41) is 0. The van der Waals surface area contributed by atoms with Crippen molar-refractivity contribution < 1.29 is 28.2 Å². The number of halogens is 6. The molecule has 0 aliphatic heterocycles. The van der Waals surface area contributed by atoms with Gasteiger partial charge in [0.05, 0.1) is 0 Å². The average Bonchev–Trinajstić information content (AvgIpc) is 0. The molecule has 0 amide bonds. The summed E-state index contributed by atoms with van der Waals surface area (Å²) in [6.45, 7) is 0. The summed E-state index contributed by atoms with van der Waals surface area (Å²) < 4.78 is 0. The van der Waals surface area contributed by atoms with E-state index in [9.17, 15) is 0 Å². The van der Waals surface area contributed by atoms with Gasteiger partial charge in [0.1, 0.15) is 0 Å². The molecule has 8 heavy (non-hydrogen) atoms. The Bertz CT molecular complexity index is 8.49. The Morgan fingerprint density at radius 1 is 0.375 bits per heavy atom. The maximum absolute atomic E-state index is 0. The third kappa shape index (κ3) is 762. The summed E-state index contributed by atoms with van der Waals surface area (Å²) in [4.78, 5) is 0. The third-order valence-electron chi connectivity index (χ3n) is 0. The first-order valence-electron chi connectivity index (χ1n) is 0. The van der Waals surface area contributed by atoms with Gasteiger partial charge in [0.25, 0.3) is 0 Å². The second-order valence-corrected chi connectivity index (χ2v) is 0. The Hall–Kier alpha value is -0.395. The van der Waals surface area contributed by atoms with Gasteiger partial charge < -0.3 is 6.15 Å². The Kier molecular flexibility index (Phi) is 353000. The van der Waals surface area contributed by atoms with E-state index >= 15 is 0 Å². The van der Waals surface area contributed by atoms with E-state index in [1.807, 2.05) is 0 Å². The van der Waals surface area contributed by atoms with Crippen molar-refractivity contribution in [3.63, 3.8) is 0 Å². The SMILES string of the molecule is F.F.F.F.F.F.N.[B]. The van der Waals surface area contributed by atoms with Crippen molar-refractivity contribution in [3.8, 4) is 0 Å².